The maximum atomic E-state index is 12.3. The van der Waals surface area contributed by atoms with Gasteiger partial charge in [-0.1, -0.05) is 23.7 Å². The van der Waals surface area contributed by atoms with Gasteiger partial charge in [-0.25, -0.2) is 0 Å². The molecule has 0 saturated carbocycles. The Morgan fingerprint density at radius 3 is 2.76 bits per heavy atom. The number of hydrogen-bond acceptors (Lipinski definition) is 4. The number of benzene rings is 1. The topological polar surface area (TPSA) is 84.9 Å². The average molecular weight is 370 g/mol. The Bertz CT molecular complexity index is 601. The lowest BCUT2D eigenvalue weighted by Crippen LogP contribution is -2.39. The van der Waals surface area contributed by atoms with Gasteiger partial charge in [0.1, 0.15) is 5.75 Å². The smallest absolute Gasteiger partial charge is 0.308 e. The van der Waals surface area contributed by atoms with E-state index in [1.807, 2.05) is 6.92 Å². The molecular weight excluding hydrogens is 346 g/mol. The third-order valence-electron chi connectivity index (χ3n) is 4.36. The predicted octanol–water partition coefficient (Wildman–Crippen LogP) is 2.52. The fourth-order valence-electron chi connectivity index (χ4n) is 3.03. The average Bonchev–Trinajstić information content (AvgIpc) is 2.59. The van der Waals surface area contributed by atoms with Gasteiger partial charge in [0.15, 0.2) is 0 Å². The van der Waals surface area contributed by atoms with E-state index in [-0.39, 0.29) is 24.8 Å². The van der Waals surface area contributed by atoms with E-state index in [2.05, 4.69) is 5.32 Å². The van der Waals surface area contributed by atoms with Crippen LogP contribution in [0.5, 0.6) is 5.75 Å². The molecule has 25 heavy (non-hydrogen) atoms. The van der Waals surface area contributed by atoms with E-state index in [4.69, 9.17) is 21.1 Å². The second-order valence-electron chi connectivity index (χ2n) is 6.04. The molecule has 0 aliphatic carbocycles. The molecular formula is C18H24ClNO5. The summed E-state index contributed by atoms with van der Waals surface area (Å²) in [6.07, 6.45) is 1.50. The van der Waals surface area contributed by atoms with Crippen LogP contribution in [-0.4, -0.2) is 43.3 Å². The fourth-order valence-corrected chi connectivity index (χ4v) is 3.28. The number of carboxylic acid groups (broad SMARTS) is 1. The van der Waals surface area contributed by atoms with E-state index in [0.29, 0.717) is 49.0 Å². The molecule has 7 heteroatoms. The summed E-state index contributed by atoms with van der Waals surface area (Å²) >= 11 is 6.12. The van der Waals surface area contributed by atoms with Crippen molar-refractivity contribution in [3.05, 3.63) is 28.8 Å². The van der Waals surface area contributed by atoms with Crippen molar-refractivity contribution in [1.29, 1.82) is 0 Å². The Morgan fingerprint density at radius 1 is 1.40 bits per heavy atom. The highest BCUT2D eigenvalue weighted by molar-refractivity contribution is 6.32. The van der Waals surface area contributed by atoms with E-state index >= 15 is 0 Å². The van der Waals surface area contributed by atoms with Crippen molar-refractivity contribution in [1.82, 2.24) is 5.32 Å². The molecule has 0 spiro atoms. The third-order valence-corrected chi connectivity index (χ3v) is 4.66. The number of nitrogens with one attached hydrogen (secondary N) is 1. The van der Waals surface area contributed by atoms with Crippen LogP contribution in [0.25, 0.3) is 0 Å². The van der Waals surface area contributed by atoms with Crippen LogP contribution in [0.4, 0.5) is 0 Å². The van der Waals surface area contributed by atoms with E-state index < -0.39 is 11.9 Å². The van der Waals surface area contributed by atoms with Crippen molar-refractivity contribution in [3.8, 4) is 5.75 Å². The number of carbonyl (C=O) groups excluding carboxylic acids is 1. The first-order chi connectivity index (χ1) is 12.0. The van der Waals surface area contributed by atoms with E-state index in [9.17, 15) is 14.7 Å². The van der Waals surface area contributed by atoms with Crippen molar-refractivity contribution in [3.63, 3.8) is 0 Å². The van der Waals surface area contributed by atoms with E-state index in [1.54, 1.807) is 18.2 Å². The summed E-state index contributed by atoms with van der Waals surface area (Å²) in [7, 11) is 0. The zero-order valence-corrected chi connectivity index (χ0v) is 15.1. The minimum absolute atomic E-state index is 0.0247. The molecule has 1 saturated heterocycles. The lowest BCUT2D eigenvalue weighted by Gasteiger charge is -2.27. The molecule has 1 fully saturated rings. The van der Waals surface area contributed by atoms with Gasteiger partial charge in [-0.15, -0.1) is 0 Å². The molecule has 6 nitrogen and oxygen atoms in total. The second kappa shape index (κ2) is 9.63. The Kier molecular flexibility index (Phi) is 7.52. The molecule has 1 aliphatic heterocycles. The number of hydrogen-bond donors (Lipinski definition) is 2. The van der Waals surface area contributed by atoms with E-state index in [1.165, 1.54) is 0 Å². The molecule has 1 heterocycles. The Balaban J connectivity index is 1.95. The van der Waals surface area contributed by atoms with Gasteiger partial charge >= 0.3 is 5.97 Å². The van der Waals surface area contributed by atoms with Gasteiger partial charge in [0.05, 0.1) is 24.0 Å². The van der Waals surface area contributed by atoms with Gasteiger partial charge in [-0.05, 0) is 31.7 Å². The van der Waals surface area contributed by atoms with Crippen LogP contribution < -0.4 is 10.1 Å². The number of halogens is 1. The summed E-state index contributed by atoms with van der Waals surface area (Å²) in [5.41, 5.74) is 0.685. The molecule has 2 N–H and O–H groups in total. The number of para-hydroxylation sites is 1. The van der Waals surface area contributed by atoms with Crippen LogP contribution in [0.2, 0.25) is 5.02 Å². The first-order valence-electron chi connectivity index (χ1n) is 8.50. The molecule has 0 bridgehead atoms. The molecule has 0 radical (unpaired) electrons. The molecule has 1 aromatic carbocycles. The van der Waals surface area contributed by atoms with Crippen LogP contribution in [0.3, 0.4) is 0 Å². The quantitative estimate of drug-likeness (QED) is 0.735. The van der Waals surface area contributed by atoms with Crippen molar-refractivity contribution < 1.29 is 24.2 Å². The number of carbonyl (C=O) groups is 2. The summed E-state index contributed by atoms with van der Waals surface area (Å²) in [6.45, 7) is 3.55. The largest absolute Gasteiger partial charge is 0.492 e. The van der Waals surface area contributed by atoms with Gasteiger partial charge in [-0.2, -0.15) is 0 Å². The van der Waals surface area contributed by atoms with Crippen LogP contribution in [0, 0.1) is 11.8 Å². The van der Waals surface area contributed by atoms with Crippen molar-refractivity contribution in [2.24, 2.45) is 11.8 Å². The Morgan fingerprint density at radius 2 is 2.12 bits per heavy atom. The van der Waals surface area contributed by atoms with Crippen molar-refractivity contribution in [2.45, 2.75) is 26.2 Å². The zero-order valence-electron chi connectivity index (χ0n) is 14.3. The zero-order chi connectivity index (χ0) is 18.2. The summed E-state index contributed by atoms with van der Waals surface area (Å²) in [4.78, 5) is 23.8. The Labute approximate surface area is 152 Å². The monoisotopic (exact) mass is 369 g/mol. The molecule has 1 unspecified atom stereocenters. The van der Waals surface area contributed by atoms with Crippen molar-refractivity contribution in [2.75, 3.05) is 26.4 Å². The first kappa shape index (κ1) is 19.5. The maximum absolute atomic E-state index is 12.3. The first-order valence-corrected chi connectivity index (χ1v) is 8.88. The van der Waals surface area contributed by atoms with Gasteiger partial charge < -0.3 is 19.9 Å². The van der Waals surface area contributed by atoms with E-state index in [0.717, 1.165) is 0 Å². The molecule has 0 aromatic heterocycles. The second-order valence-corrected chi connectivity index (χ2v) is 6.44. The predicted molar refractivity (Wildman–Crippen MR) is 94.0 cm³/mol. The molecule has 2 rings (SSSR count). The molecule has 1 atom stereocenters. The number of ether oxygens (including phenoxy) is 2. The van der Waals surface area contributed by atoms with Crippen molar-refractivity contribution >= 4 is 23.5 Å². The summed E-state index contributed by atoms with van der Waals surface area (Å²) in [6, 6.07) is 5.25. The number of amides is 1. The minimum Gasteiger partial charge on any atom is -0.492 e. The van der Waals surface area contributed by atoms with Crippen LogP contribution >= 0.6 is 11.6 Å². The van der Waals surface area contributed by atoms with Crippen LogP contribution in [-0.2, 0) is 20.7 Å². The van der Waals surface area contributed by atoms with Crippen LogP contribution in [0.1, 0.15) is 25.3 Å². The number of aliphatic carboxylic acids is 1. The summed E-state index contributed by atoms with van der Waals surface area (Å²) in [5.74, 6) is -1.21. The Hall–Kier alpha value is -1.79. The molecule has 1 aliphatic rings. The van der Waals surface area contributed by atoms with Gasteiger partial charge in [0.25, 0.3) is 0 Å². The molecule has 1 amide bonds. The highest BCUT2D eigenvalue weighted by atomic mass is 35.5. The highest BCUT2D eigenvalue weighted by Crippen LogP contribution is 2.29. The van der Waals surface area contributed by atoms with Gasteiger partial charge in [-0.3, -0.25) is 9.59 Å². The fraction of sp³-hybridized carbons (Fsp3) is 0.556. The standard InChI is InChI=1S/C18H24ClNO5/c1-2-25-17-13(4-3-5-15(17)19)10-16(21)20-11-14(18(22)23)12-6-8-24-9-7-12/h3-5,12,14H,2,6-11H2,1H3,(H,20,21)(H,22,23). The third kappa shape index (κ3) is 5.61. The number of carboxylic acids is 1. The van der Waals surface area contributed by atoms with Crippen LogP contribution in [0.15, 0.2) is 18.2 Å². The summed E-state index contributed by atoms with van der Waals surface area (Å²) < 4.78 is 10.8. The SMILES string of the molecule is CCOc1c(Cl)cccc1CC(=O)NCC(C(=O)O)C1CCOCC1. The molecule has 138 valence electrons. The highest BCUT2D eigenvalue weighted by Gasteiger charge is 2.30. The van der Waals surface area contributed by atoms with Gasteiger partial charge in [0.2, 0.25) is 5.91 Å². The normalized spacial score (nSPS) is 16.2. The maximum Gasteiger partial charge on any atom is 0.308 e. The number of rotatable bonds is 8. The van der Waals surface area contributed by atoms with Gasteiger partial charge in [0, 0.05) is 25.3 Å². The lowest BCUT2D eigenvalue weighted by molar-refractivity contribution is -0.144. The summed E-state index contributed by atoms with van der Waals surface area (Å²) in [5, 5.41) is 12.6. The molecule has 1 aromatic rings. The lowest BCUT2D eigenvalue weighted by atomic mass is 9.86. The minimum atomic E-state index is -0.884.